The lowest BCUT2D eigenvalue weighted by molar-refractivity contribution is 0.342. The molecule has 0 saturated heterocycles. The summed E-state index contributed by atoms with van der Waals surface area (Å²) in [5, 5.41) is 13.1. The molecule has 104 valence electrons. The summed E-state index contributed by atoms with van der Waals surface area (Å²) in [6.45, 7) is 7.61. The molecule has 0 radical (unpaired) electrons. The van der Waals surface area contributed by atoms with Crippen molar-refractivity contribution in [1.29, 1.82) is 5.26 Å². The highest BCUT2D eigenvalue weighted by atomic mass is 35.5. The third-order valence-electron chi connectivity index (χ3n) is 3.32. The molecule has 3 heteroatoms. The minimum absolute atomic E-state index is 0.238. The van der Waals surface area contributed by atoms with Crippen molar-refractivity contribution in [3.05, 3.63) is 28.8 Å². The van der Waals surface area contributed by atoms with Crippen LogP contribution in [0.5, 0.6) is 0 Å². The van der Waals surface area contributed by atoms with E-state index in [1.54, 1.807) is 6.07 Å². The maximum Gasteiger partial charge on any atom is 0.101 e. The third kappa shape index (κ3) is 5.53. The van der Waals surface area contributed by atoms with Gasteiger partial charge >= 0.3 is 0 Å². The first-order valence-corrected chi connectivity index (χ1v) is 7.30. The number of nitrogens with one attached hydrogen (secondary N) is 1. The Balaban J connectivity index is 2.59. The number of rotatable bonds is 7. The molecule has 0 saturated carbocycles. The molecule has 19 heavy (non-hydrogen) atoms. The van der Waals surface area contributed by atoms with E-state index in [-0.39, 0.29) is 5.41 Å². The van der Waals surface area contributed by atoms with Crippen LogP contribution in [0.1, 0.15) is 52.0 Å². The van der Waals surface area contributed by atoms with E-state index < -0.39 is 0 Å². The molecule has 0 spiro atoms. The Morgan fingerprint density at radius 2 is 2.05 bits per heavy atom. The first-order valence-electron chi connectivity index (χ1n) is 6.92. The molecule has 0 amide bonds. The van der Waals surface area contributed by atoms with Crippen molar-refractivity contribution in [2.75, 3.05) is 11.9 Å². The van der Waals surface area contributed by atoms with Gasteiger partial charge in [0, 0.05) is 11.6 Å². The average Bonchev–Trinajstić information content (AvgIpc) is 2.37. The Morgan fingerprint density at radius 3 is 2.68 bits per heavy atom. The molecule has 0 heterocycles. The van der Waals surface area contributed by atoms with Crippen molar-refractivity contribution in [3.63, 3.8) is 0 Å². The van der Waals surface area contributed by atoms with Gasteiger partial charge in [-0.1, -0.05) is 51.6 Å². The van der Waals surface area contributed by atoms with Crippen molar-refractivity contribution >= 4 is 17.3 Å². The molecule has 0 aliphatic carbocycles. The molecule has 0 fully saturated rings. The van der Waals surface area contributed by atoms with Gasteiger partial charge in [0.25, 0.3) is 0 Å². The van der Waals surface area contributed by atoms with Crippen LogP contribution in [0.4, 0.5) is 5.69 Å². The molecule has 0 aromatic heterocycles. The van der Waals surface area contributed by atoms with Gasteiger partial charge in [-0.25, -0.2) is 0 Å². The summed E-state index contributed by atoms with van der Waals surface area (Å²) >= 11 is 5.89. The molecule has 1 aromatic rings. The van der Waals surface area contributed by atoms with E-state index >= 15 is 0 Å². The summed E-state index contributed by atoms with van der Waals surface area (Å²) in [7, 11) is 0. The largest absolute Gasteiger partial charge is 0.383 e. The molecule has 1 N–H and O–H groups in total. The standard InChI is InChI=1S/C16H23ClN2/c1-4-5-6-9-16(2,3)12-19-15-8-7-14(17)10-13(15)11-18/h7-8,10,19H,4-6,9,12H2,1-3H3. The maximum absolute atomic E-state index is 9.10. The summed E-state index contributed by atoms with van der Waals surface area (Å²) in [5.41, 5.74) is 1.72. The van der Waals surface area contributed by atoms with Crippen molar-refractivity contribution in [1.82, 2.24) is 0 Å². The van der Waals surface area contributed by atoms with Crippen molar-refractivity contribution in [3.8, 4) is 6.07 Å². The summed E-state index contributed by atoms with van der Waals surface area (Å²) in [5.74, 6) is 0. The second kappa shape index (κ2) is 7.40. The van der Waals surface area contributed by atoms with Crippen molar-refractivity contribution in [2.24, 2.45) is 5.41 Å². The zero-order chi connectivity index (χ0) is 14.3. The van der Waals surface area contributed by atoms with Gasteiger partial charge < -0.3 is 5.32 Å². The first kappa shape index (κ1) is 15.9. The Bertz CT molecular complexity index is 447. The highest BCUT2D eigenvalue weighted by molar-refractivity contribution is 6.30. The minimum Gasteiger partial charge on any atom is -0.383 e. The average molecular weight is 279 g/mol. The number of anilines is 1. The Hall–Kier alpha value is -1.20. The summed E-state index contributed by atoms with van der Waals surface area (Å²) < 4.78 is 0. The fraction of sp³-hybridized carbons (Fsp3) is 0.562. The fourth-order valence-corrected chi connectivity index (χ4v) is 2.21. The Kier molecular flexibility index (Phi) is 6.18. The van der Waals surface area contributed by atoms with Crippen LogP contribution in [0.25, 0.3) is 0 Å². The number of unbranched alkanes of at least 4 members (excludes halogenated alkanes) is 2. The quantitative estimate of drug-likeness (QED) is 0.693. The van der Waals surface area contributed by atoms with Crippen LogP contribution in [-0.2, 0) is 0 Å². The van der Waals surface area contributed by atoms with Gasteiger partial charge in [-0.3, -0.25) is 0 Å². The number of hydrogen-bond acceptors (Lipinski definition) is 2. The summed E-state index contributed by atoms with van der Waals surface area (Å²) in [4.78, 5) is 0. The van der Waals surface area contributed by atoms with E-state index in [0.717, 1.165) is 12.2 Å². The van der Waals surface area contributed by atoms with Gasteiger partial charge in [-0.05, 0) is 30.0 Å². The highest BCUT2D eigenvalue weighted by Crippen LogP contribution is 2.26. The number of hydrogen-bond donors (Lipinski definition) is 1. The van der Waals surface area contributed by atoms with E-state index in [9.17, 15) is 0 Å². The molecular formula is C16H23ClN2. The van der Waals surface area contributed by atoms with Crippen LogP contribution in [0.2, 0.25) is 5.02 Å². The topological polar surface area (TPSA) is 35.8 Å². The van der Waals surface area contributed by atoms with Crippen LogP contribution in [0.15, 0.2) is 18.2 Å². The zero-order valence-corrected chi connectivity index (χ0v) is 12.8. The normalized spacial score (nSPS) is 11.1. The molecule has 0 atom stereocenters. The first-order chi connectivity index (χ1) is 8.98. The lowest BCUT2D eigenvalue weighted by atomic mass is 9.86. The Morgan fingerprint density at radius 1 is 1.32 bits per heavy atom. The Labute approximate surface area is 121 Å². The number of benzene rings is 1. The molecule has 1 aromatic carbocycles. The van der Waals surface area contributed by atoms with Gasteiger partial charge in [0.05, 0.1) is 11.3 Å². The second-order valence-corrected chi connectivity index (χ2v) is 6.21. The van der Waals surface area contributed by atoms with E-state index in [4.69, 9.17) is 16.9 Å². The van der Waals surface area contributed by atoms with Crippen LogP contribution in [0, 0.1) is 16.7 Å². The molecule has 0 bridgehead atoms. The minimum atomic E-state index is 0.238. The lowest BCUT2D eigenvalue weighted by Crippen LogP contribution is -2.23. The van der Waals surface area contributed by atoms with Crippen molar-refractivity contribution in [2.45, 2.75) is 46.5 Å². The third-order valence-corrected chi connectivity index (χ3v) is 3.55. The fourth-order valence-electron chi connectivity index (χ4n) is 2.04. The molecule has 0 aliphatic heterocycles. The number of halogens is 1. The van der Waals surface area contributed by atoms with Gasteiger partial charge in [-0.15, -0.1) is 0 Å². The SMILES string of the molecule is CCCCCC(C)(C)CNc1ccc(Cl)cc1C#N. The number of nitrogens with zero attached hydrogens (tertiary/aromatic N) is 1. The molecular weight excluding hydrogens is 256 g/mol. The highest BCUT2D eigenvalue weighted by Gasteiger charge is 2.17. The zero-order valence-electron chi connectivity index (χ0n) is 12.1. The molecule has 0 unspecified atom stereocenters. The molecule has 1 rings (SSSR count). The van der Waals surface area contributed by atoms with Gasteiger partial charge in [0.15, 0.2) is 0 Å². The van der Waals surface area contributed by atoms with Crippen LogP contribution in [-0.4, -0.2) is 6.54 Å². The van der Waals surface area contributed by atoms with Gasteiger partial charge in [0.1, 0.15) is 6.07 Å². The predicted molar refractivity (Wildman–Crippen MR) is 82.6 cm³/mol. The van der Waals surface area contributed by atoms with E-state index in [0.29, 0.717) is 10.6 Å². The molecule has 2 nitrogen and oxygen atoms in total. The molecule has 0 aliphatic rings. The van der Waals surface area contributed by atoms with Crippen LogP contribution in [0.3, 0.4) is 0 Å². The van der Waals surface area contributed by atoms with Crippen molar-refractivity contribution < 1.29 is 0 Å². The summed E-state index contributed by atoms with van der Waals surface area (Å²) in [6, 6.07) is 7.57. The summed E-state index contributed by atoms with van der Waals surface area (Å²) in [6.07, 6.45) is 4.99. The maximum atomic E-state index is 9.10. The van der Waals surface area contributed by atoms with Crippen LogP contribution < -0.4 is 5.32 Å². The number of nitriles is 1. The predicted octanol–water partition coefficient (Wildman–Crippen LogP) is 5.23. The monoisotopic (exact) mass is 278 g/mol. The second-order valence-electron chi connectivity index (χ2n) is 5.78. The van der Waals surface area contributed by atoms with Gasteiger partial charge in [0.2, 0.25) is 0 Å². The van der Waals surface area contributed by atoms with Gasteiger partial charge in [-0.2, -0.15) is 5.26 Å². The lowest BCUT2D eigenvalue weighted by Gasteiger charge is -2.25. The smallest absolute Gasteiger partial charge is 0.101 e. The van der Waals surface area contributed by atoms with Crippen LogP contribution >= 0.6 is 11.6 Å². The van der Waals surface area contributed by atoms with E-state index in [1.807, 2.05) is 12.1 Å². The van der Waals surface area contributed by atoms with E-state index in [2.05, 4.69) is 32.2 Å². The van der Waals surface area contributed by atoms with E-state index in [1.165, 1.54) is 25.7 Å².